The molecule has 3 aromatic rings. The van der Waals surface area contributed by atoms with Gasteiger partial charge in [0.05, 0.1) is 35.7 Å². The van der Waals surface area contributed by atoms with Gasteiger partial charge in [-0.15, -0.1) is 0 Å². The minimum atomic E-state index is -3.55. The molecule has 0 aromatic heterocycles. The number of ether oxygens (including phenoxy) is 2. The zero-order valence-corrected chi connectivity index (χ0v) is 24.9. The number of sulfonamides is 1. The van der Waals surface area contributed by atoms with Gasteiger partial charge in [0.1, 0.15) is 11.4 Å². The molecule has 0 spiro atoms. The van der Waals surface area contributed by atoms with E-state index in [0.29, 0.717) is 43.0 Å². The molecule has 41 heavy (non-hydrogen) atoms. The van der Waals surface area contributed by atoms with Crippen molar-refractivity contribution >= 4 is 32.6 Å². The Morgan fingerprint density at radius 3 is 2.59 bits per heavy atom. The monoisotopic (exact) mass is 575 g/mol. The fourth-order valence-corrected chi connectivity index (χ4v) is 7.12. The smallest absolute Gasteiger partial charge is 0.410 e. The van der Waals surface area contributed by atoms with Crippen LogP contribution in [0.25, 0.3) is 10.8 Å². The second-order valence-corrected chi connectivity index (χ2v) is 13.9. The average molecular weight is 576 g/mol. The van der Waals surface area contributed by atoms with Gasteiger partial charge in [-0.25, -0.2) is 13.2 Å². The Morgan fingerprint density at radius 2 is 1.85 bits per heavy atom. The highest BCUT2D eigenvalue weighted by atomic mass is 32.2. The van der Waals surface area contributed by atoms with Crippen LogP contribution in [0.15, 0.2) is 54.6 Å². The topological polar surface area (TPSA) is 99.9 Å². The van der Waals surface area contributed by atoms with Crippen LogP contribution in [0, 0.1) is 11.3 Å². The van der Waals surface area contributed by atoms with Gasteiger partial charge in [-0.2, -0.15) is 5.26 Å². The largest absolute Gasteiger partial charge is 0.494 e. The SMILES string of the molecule is CCS(=O)(=O)N1c2ccc(OCCC3CCCN3C(=O)OC(C)(C)C)cc2CC1c1ccc2ccc(C#N)cc2c1. The lowest BCUT2D eigenvalue weighted by molar-refractivity contribution is 0.0211. The summed E-state index contributed by atoms with van der Waals surface area (Å²) < 4.78 is 39.8. The average Bonchev–Trinajstić information content (AvgIpc) is 3.56. The van der Waals surface area contributed by atoms with E-state index in [0.717, 1.165) is 34.7 Å². The minimum Gasteiger partial charge on any atom is -0.494 e. The fourth-order valence-electron chi connectivity index (χ4n) is 5.78. The maximum absolute atomic E-state index is 13.3. The van der Waals surface area contributed by atoms with E-state index in [4.69, 9.17) is 9.47 Å². The normalized spacial score (nSPS) is 18.8. The number of carbonyl (C=O) groups is 1. The lowest BCUT2D eigenvalue weighted by atomic mass is 9.98. The summed E-state index contributed by atoms with van der Waals surface area (Å²) in [6, 6.07) is 18.9. The van der Waals surface area contributed by atoms with Gasteiger partial charge in [-0.3, -0.25) is 4.31 Å². The third-order valence-electron chi connectivity index (χ3n) is 7.75. The Morgan fingerprint density at radius 1 is 1.07 bits per heavy atom. The van der Waals surface area contributed by atoms with Gasteiger partial charge in [0, 0.05) is 25.4 Å². The minimum absolute atomic E-state index is 0.0110. The van der Waals surface area contributed by atoms with E-state index in [9.17, 15) is 18.5 Å². The highest BCUT2D eigenvalue weighted by Gasteiger charge is 2.38. The molecule has 1 fully saturated rings. The second kappa shape index (κ2) is 11.2. The van der Waals surface area contributed by atoms with Crippen molar-refractivity contribution in [2.24, 2.45) is 0 Å². The Balaban J connectivity index is 1.33. The molecule has 216 valence electrons. The van der Waals surface area contributed by atoms with Crippen LogP contribution >= 0.6 is 0 Å². The van der Waals surface area contributed by atoms with Crippen LogP contribution in [0.4, 0.5) is 10.5 Å². The summed E-state index contributed by atoms with van der Waals surface area (Å²) in [5.41, 5.74) is 2.49. The molecule has 5 rings (SSSR count). The number of fused-ring (bicyclic) bond motifs is 2. The molecule has 1 amide bonds. The fraction of sp³-hybridized carbons (Fsp3) is 0.438. The van der Waals surface area contributed by atoms with Crippen LogP contribution in [0.1, 0.15) is 69.7 Å². The first-order chi connectivity index (χ1) is 19.5. The summed E-state index contributed by atoms with van der Waals surface area (Å²) in [5.74, 6) is 0.667. The standard InChI is InChI=1S/C32H37N3O5S/c1-5-41(37,38)35-29-13-12-28(39-16-14-27-7-6-15-34(27)31(36)40-32(2,3)4)19-26(29)20-30(35)24-11-10-23-9-8-22(21-33)17-25(23)18-24/h8-13,17-19,27,30H,5-7,14-16,20H2,1-4H3. The van der Waals surface area contributed by atoms with Gasteiger partial charge < -0.3 is 14.4 Å². The summed E-state index contributed by atoms with van der Waals surface area (Å²) in [6.45, 7) is 8.40. The third kappa shape index (κ3) is 6.13. The van der Waals surface area contributed by atoms with E-state index in [-0.39, 0.29) is 23.9 Å². The second-order valence-electron chi connectivity index (χ2n) is 11.7. The molecule has 3 aromatic carbocycles. The molecular formula is C32H37N3O5S. The van der Waals surface area contributed by atoms with Crippen molar-refractivity contribution in [2.75, 3.05) is 23.2 Å². The lowest BCUT2D eigenvalue weighted by Gasteiger charge is -2.28. The lowest BCUT2D eigenvalue weighted by Crippen LogP contribution is -2.40. The van der Waals surface area contributed by atoms with E-state index in [1.54, 1.807) is 22.2 Å². The highest BCUT2D eigenvalue weighted by Crippen LogP contribution is 2.44. The van der Waals surface area contributed by atoms with E-state index >= 15 is 0 Å². The molecule has 2 aliphatic heterocycles. The van der Waals surface area contributed by atoms with Gasteiger partial charge >= 0.3 is 6.09 Å². The molecule has 0 bridgehead atoms. The summed E-state index contributed by atoms with van der Waals surface area (Å²) in [7, 11) is -3.55. The maximum atomic E-state index is 13.3. The Hall–Kier alpha value is -3.77. The van der Waals surface area contributed by atoms with Crippen molar-refractivity contribution < 1.29 is 22.7 Å². The molecule has 0 aliphatic carbocycles. The van der Waals surface area contributed by atoms with E-state index in [1.807, 2.05) is 69.3 Å². The van der Waals surface area contributed by atoms with Crippen LogP contribution in [0.3, 0.4) is 0 Å². The summed E-state index contributed by atoms with van der Waals surface area (Å²) in [6.07, 6.45) is 2.79. The summed E-state index contributed by atoms with van der Waals surface area (Å²) in [5, 5.41) is 11.2. The highest BCUT2D eigenvalue weighted by molar-refractivity contribution is 7.92. The quantitative estimate of drug-likeness (QED) is 0.326. The number of hydrogen-bond acceptors (Lipinski definition) is 6. The van der Waals surface area contributed by atoms with Crippen LogP contribution in [0.5, 0.6) is 5.75 Å². The van der Waals surface area contributed by atoms with E-state index in [1.165, 1.54) is 0 Å². The zero-order chi connectivity index (χ0) is 29.4. The molecule has 2 heterocycles. The molecule has 0 radical (unpaired) electrons. The predicted molar refractivity (Wildman–Crippen MR) is 160 cm³/mol. The van der Waals surface area contributed by atoms with Crippen LogP contribution in [-0.4, -0.2) is 50.0 Å². The molecule has 2 unspecified atom stereocenters. The molecular weight excluding hydrogens is 538 g/mol. The molecule has 9 heteroatoms. The van der Waals surface area contributed by atoms with Crippen molar-refractivity contribution in [3.05, 3.63) is 71.3 Å². The van der Waals surface area contributed by atoms with Crippen LogP contribution in [-0.2, 0) is 21.2 Å². The van der Waals surface area contributed by atoms with Crippen LogP contribution < -0.4 is 9.04 Å². The first kappa shape index (κ1) is 28.7. The molecule has 0 N–H and O–H groups in total. The number of hydrogen-bond donors (Lipinski definition) is 0. The summed E-state index contributed by atoms with van der Waals surface area (Å²) in [4.78, 5) is 14.4. The zero-order valence-electron chi connectivity index (χ0n) is 24.1. The van der Waals surface area contributed by atoms with Gasteiger partial charge in [0.15, 0.2) is 0 Å². The third-order valence-corrected chi connectivity index (χ3v) is 9.53. The van der Waals surface area contributed by atoms with Crippen molar-refractivity contribution in [1.82, 2.24) is 4.90 Å². The molecule has 2 aliphatic rings. The number of rotatable bonds is 7. The molecule has 8 nitrogen and oxygen atoms in total. The van der Waals surface area contributed by atoms with Gasteiger partial charge in [-0.1, -0.05) is 18.2 Å². The first-order valence-corrected chi connectivity index (χ1v) is 15.8. The Bertz CT molecular complexity index is 1610. The van der Waals surface area contributed by atoms with E-state index < -0.39 is 15.6 Å². The van der Waals surface area contributed by atoms with Gasteiger partial charge in [-0.05, 0) is 98.8 Å². The van der Waals surface area contributed by atoms with Crippen molar-refractivity contribution in [1.29, 1.82) is 5.26 Å². The van der Waals surface area contributed by atoms with Gasteiger partial charge in [0.25, 0.3) is 0 Å². The Labute approximate surface area is 242 Å². The number of anilines is 1. The molecule has 0 saturated carbocycles. The number of nitrogens with zero attached hydrogens (tertiary/aromatic N) is 3. The van der Waals surface area contributed by atoms with Crippen LogP contribution in [0.2, 0.25) is 0 Å². The van der Waals surface area contributed by atoms with E-state index in [2.05, 4.69) is 6.07 Å². The number of nitriles is 1. The maximum Gasteiger partial charge on any atom is 0.410 e. The van der Waals surface area contributed by atoms with Crippen molar-refractivity contribution in [3.8, 4) is 11.8 Å². The first-order valence-electron chi connectivity index (χ1n) is 14.2. The molecule has 2 atom stereocenters. The van der Waals surface area contributed by atoms with Gasteiger partial charge in [0.2, 0.25) is 10.0 Å². The van der Waals surface area contributed by atoms with Crippen molar-refractivity contribution in [3.63, 3.8) is 0 Å². The molecule has 1 saturated heterocycles. The van der Waals surface area contributed by atoms with Crippen molar-refractivity contribution in [2.45, 2.75) is 71.1 Å². The summed E-state index contributed by atoms with van der Waals surface area (Å²) >= 11 is 0. The number of carbonyl (C=O) groups excluding carboxylic acids is 1. The predicted octanol–water partition coefficient (Wildman–Crippen LogP) is 6.33. The number of amides is 1. The number of benzene rings is 3. The Kier molecular flexibility index (Phi) is 7.89. The number of likely N-dealkylation sites (tertiary alicyclic amines) is 1.